The minimum atomic E-state index is -1.32. The van der Waals surface area contributed by atoms with Crippen molar-refractivity contribution in [3.63, 3.8) is 0 Å². The second-order valence-corrected chi connectivity index (χ2v) is 8.34. The summed E-state index contributed by atoms with van der Waals surface area (Å²) in [5.41, 5.74) is 8.03. The van der Waals surface area contributed by atoms with E-state index in [1.54, 1.807) is 0 Å². The van der Waals surface area contributed by atoms with Gasteiger partial charge in [-0.1, -0.05) is 30.3 Å². The summed E-state index contributed by atoms with van der Waals surface area (Å²) >= 11 is 0. The number of amides is 1. The standard InChI is InChI=1S/C26H26N6O2/c1-34-26(24(25(29)33)12-18(14-27)16-31-26)21-6-8-22(9-7-21)32-11-10-30-17-23(32)13-19-4-2-3-5-20(19)15-28/h2-9,12,16,23-24,30H,10-11,13,17H2,1H3,(H2,29,33). The number of methoxy groups -OCH3 is 1. The Kier molecular flexibility index (Phi) is 6.74. The van der Waals surface area contributed by atoms with Gasteiger partial charge in [-0.25, -0.2) is 0 Å². The average molecular weight is 455 g/mol. The van der Waals surface area contributed by atoms with Crippen molar-refractivity contribution >= 4 is 17.8 Å². The van der Waals surface area contributed by atoms with Crippen molar-refractivity contribution in [2.45, 2.75) is 18.2 Å². The molecule has 2 heterocycles. The lowest BCUT2D eigenvalue weighted by Gasteiger charge is -2.39. The summed E-state index contributed by atoms with van der Waals surface area (Å²) in [6, 6.07) is 19.9. The predicted octanol–water partition coefficient (Wildman–Crippen LogP) is 2.01. The van der Waals surface area contributed by atoms with Gasteiger partial charge in [0.05, 0.1) is 17.2 Å². The van der Waals surface area contributed by atoms with Crippen LogP contribution in [0.3, 0.4) is 0 Å². The van der Waals surface area contributed by atoms with Crippen LogP contribution in [0.2, 0.25) is 0 Å². The summed E-state index contributed by atoms with van der Waals surface area (Å²) in [4.78, 5) is 19.0. The number of aliphatic imine (C=N–C) groups is 1. The molecule has 3 N–H and O–H groups in total. The number of nitrogens with zero attached hydrogens (tertiary/aromatic N) is 4. The SMILES string of the molecule is COC1(c2ccc(N3CCNCC3Cc3ccccc3C#N)cc2)N=CC(C#N)=CC1C(N)=O. The number of rotatable bonds is 6. The fraction of sp³-hybridized carbons (Fsp3) is 0.308. The van der Waals surface area contributed by atoms with E-state index < -0.39 is 17.6 Å². The number of hydrogen-bond acceptors (Lipinski definition) is 7. The highest BCUT2D eigenvalue weighted by molar-refractivity contribution is 5.90. The van der Waals surface area contributed by atoms with E-state index in [1.807, 2.05) is 54.6 Å². The number of allylic oxidation sites excluding steroid dienone is 1. The van der Waals surface area contributed by atoms with Gasteiger partial charge in [0.15, 0.2) is 5.72 Å². The molecular formula is C26H26N6O2. The Labute approximate surface area is 199 Å². The molecule has 0 saturated carbocycles. The van der Waals surface area contributed by atoms with Gasteiger partial charge in [0.25, 0.3) is 0 Å². The summed E-state index contributed by atoms with van der Waals surface area (Å²) in [5, 5.41) is 22.1. The van der Waals surface area contributed by atoms with Crippen LogP contribution < -0.4 is 16.0 Å². The van der Waals surface area contributed by atoms with E-state index in [1.165, 1.54) is 19.4 Å². The molecule has 172 valence electrons. The van der Waals surface area contributed by atoms with Crippen LogP contribution in [0, 0.1) is 28.6 Å². The Morgan fingerprint density at radius 3 is 2.68 bits per heavy atom. The molecule has 2 aliphatic heterocycles. The first kappa shape index (κ1) is 23.2. The molecule has 3 atom stereocenters. The highest BCUT2D eigenvalue weighted by Crippen LogP contribution is 2.39. The maximum Gasteiger partial charge on any atom is 0.229 e. The number of benzene rings is 2. The van der Waals surface area contributed by atoms with Crippen LogP contribution in [-0.4, -0.2) is 44.9 Å². The van der Waals surface area contributed by atoms with Crippen LogP contribution in [0.4, 0.5) is 5.69 Å². The predicted molar refractivity (Wildman–Crippen MR) is 129 cm³/mol. The minimum Gasteiger partial charge on any atom is -0.369 e. The average Bonchev–Trinajstić information content (AvgIpc) is 2.89. The summed E-state index contributed by atoms with van der Waals surface area (Å²) in [7, 11) is 1.48. The molecule has 8 heteroatoms. The van der Waals surface area contributed by atoms with Crippen molar-refractivity contribution in [3.05, 3.63) is 76.9 Å². The van der Waals surface area contributed by atoms with Crippen LogP contribution in [0.25, 0.3) is 0 Å². The first-order valence-electron chi connectivity index (χ1n) is 11.1. The smallest absolute Gasteiger partial charge is 0.229 e. The molecule has 2 aromatic carbocycles. The van der Waals surface area contributed by atoms with Gasteiger partial charge in [-0.2, -0.15) is 10.5 Å². The third kappa shape index (κ3) is 4.29. The third-order valence-corrected chi connectivity index (χ3v) is 6.47. The number of nitrogens with one attached hydrogen (secondary N) is 1. The summed E-state index contributed by atoms with van der Waals surface area (Å²) in [5.74, 6) is -1.52. The lowest BCUT2D eigenvalue weighted by atomic mass is 9.85. The maximum absolute atomic E-state index is 12.2. The Morgan fingerprint density at radius 1 is 1.24 bits per heavy atom. The van der Waals surface area contributed by atoms with E-state index in [-0.39, 0.29) is 11.6 Å². The van der Waals surface area contributed by atoms with E-state index >= 15 is 0 Å². The van der Waals surface area contributed by atoms with E-state index in [4.69, 9.17) is 10.5 Å². The number of anilines is 1. The number of dihydropyridines is 1. The molecule has 1 saturated heterocycles. The normalized spacial score (nSPS) is 24.1. The van der Waals surface area contributed by atoms with Crippen LogP contribution in [0.15, 0.2) is 65.2 Å². The summed E-state index contributed by atoms with van der Waals surface area (Å²) in [6.45, 7) is 2.49. The molecule has 1 amide bonds. The van der Waals surface area contributed by atoms with Gasteiger partial charge >= 0.3 is 0 Å². The van der Waals surface area contributed by atoms with Gasteiger partial charge in [-0.15, -0.1) is 0 Å². The molecule has 0 bridgehead atoms. The van der Waals surface area contributed by atoms with E-state index in [9.17, 15) is 15.3 Å². The molecule has 2 aliphatic rings. The second-order valence-electron chi connectivity index (χ2n) is 8.34. The van der Waals surface area contributed by atoms with E-state index in [2.05, 4.69) is 21.3 Å². The molecule has 8 nitrogen and oxygen atoms in total. The zero-order valence-electron chi connectivity index (χ0n) is 18.9. The Balaban J connectivity index is 1.62. The fourth-order valence-electron chi connectivity index (χ4n) is 4.71. The zero-order valence-corrected chi connectivity index (χ0v) is 18.9. The highest BCUT2D eigenvalue weighted by atomic mass is 16.5. The van der Waals surface area contributed by atoms with Crippen molar-refractivity contribution in [3.8, 4) is 12.1 Å². The lowest BCUT2D eigenvalue weighted by Crippen LogP contribution is -2.52. The number of ether oxygens (including phenoxy) is 1. The molecule has 1 fully saturated rings. The fourth-order valence-corrected chi connectivity index (χ4v) is 4.71. The Hall–Kier alpha value is -3.98. The molecule has 3 unspecified atom stereocenters. The van der Waals surface area contributed by atoms with Crippen molar-refractivity contribution in [2.75, 3.05) is 31.6 Å². The molecule has 0 spiro atoms. The number of nitriles is 2. The van der Waals surface area contributed by atoms with Gasteiger partial charge in [0.2, 0.25) is 5.91 Å². The van der Waals surface area contributed by atoms with E-state index in [0.717, 1.165) is 37.3 Å². The van der Waals surface area contributed by atoms with Gasteiger partial charge in [-0.3, -0.25) is 9.79 Å². The molecular weight excluding hydrogens is 428 g/mol. The second kappa shape index (κ2) is 9.88. The highest BCUT2D eigenvalue weighted by Gasteiger charge is 2.44. The Morgan fingerprint density at radius 2 is 2.00 bits per heavy atom. The number of carbonyl (C=O) groups is 1. The number of piperazine rings is 1. The van der Waals surface area contributed by atoms with Gasteiger partial charge in [0, 0.05) is 50.3 Å². The number of carbonyl (C=O) groups excluding carboxylic acids is 1. The summed E-state index contributed by atoms with van der Waals surface area (Å²) in [6.07, 6.45) is 3.66. The largest absolute Gasteiger partial charge is 0.369 e. The third-order valence-electron chi connectivity index (χ3n) is 6.47. The lowest BCUT2D eigenvalue weighted by molar-refractivity contribution is -0.131. The Bertz CT molecular complexity index is 1210. The summed E-state index contributed by atoms with van der Waals surface area (Å²) < 4.78 is 5.74. The molecule has 0 aliphatic carbocycles. The van der Waals surface area contributed by atoms with Gasteiger partial charge in [-0.05, 0) is 36.3 Å². The molecule has 34 heavy (non-hydrogen) atoms. The van der Waals surface area contributed by atoms with Crippen molar-refractivity contribution in [1.82, 2.24) is 5.32 Å². The van der Waals surface area contributed by atoms with Gasteiger partial charge < -0.3 is 20.7 Å². The molecule has 2 aromatic rings. The number of primary amides is 1. The number of nitrogens with two attached hydrogens (primary N) is 1. The van der Waals surface area contributed by atoms with Crippen molar-refractivity contribution in [2.24, 2.45) is 16.6 Å². The van der Waals surface area contributed by atoms with E-state index in [0.29, 0.717) is 11.1 Å². The first-order valence-corrected chi connectivity index (χ1v) is 11.1. The minimum absolute atomic E-state index is 0.178. The zero-order chi connectivity index (χ0) is 24.1. The topological polar surface area (TPSA) is 128 Å². The van der Waals surface area contributed by atoms with Crippen LogP contribution in [-0.2, 0) is 21.7 Å². The monoisotopic (exact) mass is 454 g/mol. The van der Waals surface area contributed by atoms with Crippen molar-refractivity contribution < 1.29 is 9.53 Å². The molecule has 0 aromatic heterocycles. The van der Waals surface area contributed by atoms with Gasteiger partial charge in [0.1, 0.15) is 12.0 Å². The number of hydrogen-bond donors (Lipinski definition) is 2. The van der Waals surface area contributed by atoms with Crippen molar-refractivity contribution in [1.29, 1.82) is 10.5 Å². The van der Waals surface area contributed by atoms with Crippen LogP contribution in [0.1, 0.15) is 16.7 Å². The maximum atomic E-state index is 12.2. The molecule has 4 rings (SSSR count). The molecule has 0 radical (unpaired) electrons. The first-order chi connectivity index (χ1) is 16.5. The quantitative estimate of drug-likeness (QED) is 0.687. The van der Waals surface area contributed by atoms with Crippen LogP contribution >= 0.6 is 0 Å². The van der Waals surface area contributed by atoms with Crippen LogP contribution in [0.5, 0.6) is 0 Å².